The van der Waals surface area contributed by atoms with Crippen LogP contribution in [0.4, 0.5) is 0 Å². The number of hydrogen-bond acceptors (Lipinski definition) is 3. The van der Waals surface area contributed by atoms with E-state index in [4.69, 9.17) is 0 Å². The summed E-state index contributed by atoms with van der Waals surface area (Å²) in [6.07, 6.45) is 13.1. The summed E-state index contributed by atoms with van der Waals surface area (Å²) in [7, 11) is 0. The summed E-state index contributed by atoms with van der Waals surface area (Å²) in [5.41, 5.74) is 2.57. The zero-order valence-corrected chi connectivity index (χ0v) is 20.5. The molecule has 1 aliphatic heterocycles. The number of nitrogens with zero attached hydrogens (tertiary/aromatic N) is 1. The van der Waals surface area contributed by atoms with Gasteiger partial charge in [-0.25, -0.2) is 0 Å². The van der Waals surface area contributed by atoms with Crippen LogP contribution in [0.2, 0.25) is 0 Å². The topological polar surface area (TPSA) is 61.4 Å². The molecule has 3 aliphatic rings. The van der Waals surface area contributed by atoms with E-state index in [1.165, 1.54) is 56.1 Å². The molecule has 0 spiro atoms. The molecular weight excluding hydrogens is 410 g/mol. The van der Waals surface area contributed by atoms with Crippen LogP contribution in [0.3, 0.4) is 0 Å². The minimum absolute atomic E-state index is 0.0775. The number of nitrogens with one attached hydrogen (secondary N) is 2. The van der Waals surface area contributed by atoms with Crippen molar-refractivity contribution in [2.45, 2.75) is 96.1 Å². The molecule has 0 radical (unpaired) electrons. The Morgan fingerprint density at radius 2 is 1.58 bits per heavy atom. The minimum Gasteiger partial charge on any atom is -0.354 e. The molecule has 1 aromatic rings. The molecule has 2 N–H and O–H groups in total. The molecular formula is C28H43N3O2. The normalized spacial score (nSPS) is 25.5. The monoisotopic (exact) mass is 453 g/mol. The molecule has 2 amide bonds. The van der Waals surface area contributed by atoms with Crippen molar-refractivity contribution < 1.29 is 9.59 Å². The average molecular weight is 454 g/mol. The first-order chi connectivity index (χ1) is 16.1. The second-order valence-corrected chi connectivity index (χ2v) is 10.7. The Kier molecular flexibility index (Phi) is 8.82. The second kappa shape index (κ2) is 12.0. The van der Waals surface area contributed by atoms with E-state index in [9.17, 15) is 9.59 Å². The van der Waals surface area contributed by atoms with E-state index in [2.05, 4.69) is 46.7 Å². The summed E-state index contributed by atoms with van der Waals surface area (Å²) in [4.78, 5) is 28.0. The first-order valence-corrected chi connectivity index (χ1v) is 13.5. The number of hydrogen-bond donors (Lipinski definition) is 2. The van der Waals surface area contributed by atoms with Crippen LogP contribution in [-0.2, 0) is 9.59 Å². The molecule has 0 aromatic heterocycles. The molecule has 1 atom stereocenters. The van der Waals surface area contributed by atoms with Crippen LogP contribution in [0, 0.1) is 18.8 Å². The zero-order valence-electron chi connectivity index (χ0n) is 20.5. The van der Waals surface area contributed by atoms with Gasteiger partial charge in [-0.1, -0.05) is 49.1 Å². The third-order valence-corrected chi connectivity index (χ3v) is 8.18. The summed E-state index contributed by atoms with van der Waals surface area (Å²) < 4.78 is 0. The van der Waals surface area contributed by atoms with E-state index in [-0.39, 0.29) is 29.8 Å². The predicted octanol–water partition coefficient (Wildman–Crippen LogP) is 4.89. The summed E-state index contributed by atoms with van der Waals surface area (Å²) in [5, 5.41) is 6.55. The number of amides is 2. The largest absolute Gasteiger partial charge is 0.354 e. The summed E-state index contributed by atoms with van der Waals surface area (Å²) in [6, 6.07) is 9.27. The van der Waals surface area contributed by atoms with E-state index in [1.807, 2.05) is 0 Å². The maximum atomic E-state index is 13.0. The van der Waals surface area contributed by atoms with E-state index >= 15 is 0 Å². The van der Waals surface area contributed by atoms with Crippen molar-refractivity contribution in [3.8, 4) is 0 Å². The van der Waals surface area contributed by atoms with Crippen molar-refractivity contribution in [2.75, 3.05) is 19.6 Å². The van der Waals surface area contributed by atoms with E-state index in [1.54, 1.807) is 0 Å². The highest BCUT2D eigenvalue weighted by Crippen LogP contribution is 2.29. The number of aryl methyl sites for hydroxylation is 1. The van der Waals surface area contributed by atoms with Gasteiger partial charge in [0.05, 0.1) is 6.04 Å². The van der Waals surface area contributed by atoms with Gasteiger partial charge in [-0.15, -0.1) is 0 Å². The average Bonchev–Trinajstić information content (AvgIpc) is 3.36. The lowest BCUT2D eigenvalue weighted by Gasteiger charge is -2.31. The molecule has 4 rings (SSSR count). The quantitative estimate of drug-likeness (QED) is 0.589. The Bertz CT molecular complexity index is 758. The highest BCUT2D eigenvalue weighted by atomic mass is 16.2. The van der Waals surface area contributed by atoms with Gasteiger partial charge in [0.25, 0.3) is 0 Å². The van der Waals surface area contributed by atoms with Gasteiger partial charge >= 0.3 is 0 Å². The fourth-order valence-electron chi connectivity index (χ4n) is 6.08. The standard InChI is InChI=1S/C28H43N3O2/c1-21-9-11-23(12-10-21)26(31-17-5-6-18-31)20-29-28(33)24-13-15-25(16-14-24)30-27(32)19-22-7-3-2-4-8-22/h9-12,22,24-26H,2-8,13-20H2,1H3,(H,29,33)(H,30,32). The van der Waals surface area contributed by atoms with Crippen LogP contribution < -0.4 is 10.6 Å². The van der Waals surface area contributed by atoms with Gasteiger partial charge in [-0.3, -0.25) is 14.5 Å². The molecule has 1 unspecified atom stereocenters. The molecule has 182 valence electrons. The van der Waals surface area contributed by atoms with Crippen LogP contribution in [0.5, 0.6) is 0 Å². The van der Waals surface area contributed by atoms with Crippen molar-refractivity contribution in [2.24, 2.45) is 11.8 Å². The van der Waals surface area contributed by atoms with Gasteiger partial charge in [0.2, 0.25) is 11.8 Å². The number of rotatable bonds is 8. The number of likely N-dealkylation sites (tertiary alicyclic amines) is 1. The van der Waals surface area contributed by atoms with Crippen molar-refractivity contribution in [1.82, 2.24) is 15.5 Å². The molecule has 5 heteroatoms. The molecule has 5 nitrogen and oxygen atoms in total. The van der Waals surface area contributed by atoms with Gasteiger partial charge in [0, 0.05) is 24.9 Å². The van der Waals surface area contributed by atoms with Gasteiger partial charge < -0.3 is 10.6 Å². The highest BCUT2D eigenvalue weighted by Gasteiger charge is 2.29. The Morgan fingerprint density at radius 1 is 0.909 bits per heavy atom. The molecule has 0 bridgehead atoms. The first kappa shape index (κ1) is 24.3. The van der Waals surface area contributed by atoms with Crippen LogP contribution in [0.25, 0.3) is 0 Å². The number of carbonyl (C=O) groups excluding carboxylic acids is 2. The van der Waals surface area contributed by atoms with Gasteiger partial charge in [-0.05, 0) is 82.9 Å². The lowest BCUT2D eigenvalue weighted by atomic mass is 9.84. The molecule has 1 heterocycles. The van der Waals surface area contributed by atoms with Crippen LogP contribution >= 0.6 is 0 Å². The van der Waals surface area contributed by atoms with Crippen molar-refractivity contribution in [3.63, 3.8) is 0 Å². The third kappa shape index (κ3) is 7.05. The summed E-state index contributed by atoms with van der Waals surface area (Å²) in [6.45, 7) is 5.02. The van der Waals surface area contributed by atoms with E-state index < -0.39 is 0 Å². The SMILES string of the molecule is Cc1ccc(C(CNC(=O)C2CCC(NC(=O)CC3CCCCC3)CC2)N2CCCC2)cc1. The Morgan fingerprint density at radius 3 is 2.24 bits per heavy atom. The maximum Gasteiger partial charge on any atom is 0.223 e. The van der Waals surface area contributed by atoms with Crippen molar-refractivity contribution in [1.29, 1.82) is 0 Å². The summed E-state index contributed by atoms with van der Waals surface area (Å²) >= 11 is 0. The molecule has 2 saturated carbocycles. The van der Waals surface area contributed by atoms with E-state index in [0.717, 1.165) is 38.8 Å². The fourth-order valence-corrected chi connectivity index (χ4v) is 6.08. The Hall–Kier alpha value is -1.88. The maximum absolute atomic E-state index is 13.0. The molecule has 1 saturated heterocycles. The second-order valence-electron chi connectivity index (χ2n) is 10.7. The zero-order chi connectivity index (χ0) is 23.0. The van der Waals surface area contributed by atoms with Crippen LogP contribution in [0.15, 0.2) is 24.3 Å². The van der Waals surface area contributed by atoms with Crippen LogP contribution in [0.1, 0.15) is 94.2 Å². The Balaban J connectivity index is 1.21. The number of benzene rings is 1. The Labute approximate surface area is 200 Å². The van der Waals surface area contributed by atoms with Gasteiger partial charge in [0.1, 0.15) is 0 Å². The van der Waals surface area contributed by atoms with Crippen LogP contribution in [-0.4, -0.2) is 42.4 Å². The minimum atomic E-state index is 0.0775. The fraction of sp³-hybridized carbons (Fsp3) is 0.714. The molecule has 1 aromatic carbocycles. The molecule has 33 heavy (non-hydrogen) atoms. The van der Waals surface area contributed by atoms with Gasteiger partial charge in [0.15, 0.2) is 0 Å². The molecule has 2 aliphatic carbocycles. The van der Waals surface area contributed by atoms with Gasteiger partial charge in [-0.2, -0.15) is 0 Å². The first-order valence-electron chi connectivity index (χ1n) is 13.5. The predicted molar refractivity (Wildman–Crippen MR) is 133 cm³/mol. The van der Waals surface area contributed by atoms with E-state index in [0.29, 0.717) is 18.9 Å². The lowest BCUT2D eigenvalue weighted by Crippen LogP contribution is -2.43. The molecule has 3 fully saturated rings. The van der Waals surface area contributed by atoms with Crippen molar-refractivity contribution in [3.05, 3.63) is 35.4 Å². The lowest BCUT2D eigenvalue weighted by molar-refractivity contribution is -0.126. The number of carbonyl (C=O) groups is 2. The summed E-state index contributed by atoms with van der Waals surface area (Å²) in [5.74, 6) is 1.08. The van der Waals surface area contributed by atoms with Crippen molar-refractivity contribution >= 4 is 11.8 Å². The highest BCUT2D eigenvalue weighted by molar-refractivity contribution is 5.79. The third-order valence-electron chi connectivity index (χ3n) is 8.18. The smallest absolute Gasteiger partial charge is 0.223 e.